The molecular weight excluding hydrogens is 384 g/mol. The van der Waals surface area contributed by atoms with Crippen molar-refractivity contribution in [2.45, 2.75) is 37.1 Å². The minimum Gasteiger partial charge on any atom is -0.357 e. The Morgan fingerprint density at radius 2 is 1.86 bits per heavy atom. The maximum absolute atomic E-state index is 12.6. The van der Waals surface area contributed by atoms with Gasteiger partial charge in [0.1, 0.15) is 5.82 Å². The second-order valence-electron chi connectivity index (χ2n) is 7.36. The van der Waals surface area contributed by atoms with Crippen LogP contribution in [0.1, 0.15) is 31.2 Å². The van der Waals surface area contributed by atoms with Crippen LogP contribution in [0.15, 0.2) is 47.5 Å². The molecule has 0 saturated carbocycles. The SMILES string of the molecule is O=C(CCC(=O)N1CCSc2ccccc21)NCc1ccc(N2CCCC2)nc1. The third kappa shape index (κ3) is 4.90. The Morgan fingerprint density at radius 1 is 1.03 bits per heavy atom. The average Bonchev–Trinajstić information content (AvgIpc) is 3.31. The minimum absolute atomic E-state index is 0.00420. The summed E-state index contributed by atoms with van der Waals surface area (Å²) in [6.07, 6.45) is 4.68. The maximum atomic E-state index is 12.6. The van der Waals surface area contributed by atoms with Gasteiger partial charge in [-0.2, -0.15) is 0 Å². The van der Waals surface area contributed by atoms with Crippen LogP contribution in [0.25, 0.3) is 0 Å². The first-order valence-electron chi connectivity index (χ1n) is 10.2. The molecule has 0 spiro atoms. The number of thioether (sulfide) groups is 1. The van der Waals surface area contributed by atoms with Gasteiger partial charge in [-0.3, -0.25) is 9.59 Å². The van der Waals surface area contributed by atoms with E-state index in [1.54, 1.807) is 16.7 Å². The van der Waals surface area contributed by atoms with Gasteiger partial charge in [0.2, 0.25) is 11.8 Å². The number of amides is 2. The first kappa shape index (κ1) is 19.8. The summed E-state index contributed by atoms with van der Waals surface area (Å²) >= 11 is 1.77. The molecule has 1 saturated heterocycles. The molecule has 2 amide bonds. The van der Waals surface area contributed by atoms with Crippen LogP contribution in [-0.4, -0.2) is 42.2 Å². The summed E-state index contributed by atoms with van der Waals surface area (Å²) in [7, 11) is 0. The van der Waals surface area contributed by atoms with Crippen LogP contribution >= 0.6 is 11.8 Å². The quantitative estimate of drug-likeness (QED) is 0.792. The summed E-state index contributed by atoms with van der Waals surface area (Å²) < 4.78 is 0. The molecule has 4 rings (SSSR count). The third-order valence-electron chi connectivity index (χ3n) is 5.32. The summed E-state index contributed by atoms with van der Waals surface area (Å²) in [6.45, 7) is 3.26. The van der Waals surface area contributed by atoms with E-state index in [0.29, 0.717) is 13.1 Å². The molecule has 29 heavy (non-hydrogen) atoms. The van der Waals surface area contributed by atoms with E-state index in [9.17, 15) is 9.59 Å². The Balaban J connectivity index is 1.24. The van der Waals surface area contributed by atoms with Gasteiger partial charge in [0.25, 0.3) is 0 Å². The van der Waals surface area contributed by atoms with Gasteiger partial charge in [0.05, 0.1) is 5.69 Å². The molecule has 152 valence electrons. The van der Waals surface area contributed by atoms with Crippen molar-refractivity contribution in [3.05, 3.63) is 48.2 Å². The highest BCUT2D eigenvalue weighted by molar-refractivity contribution is 7.99. The van der Waals surface area contributed by atoms with Gasteiger partial charge in [-0.25, -0.2) is 4.98 Å². The Morgan fingerprint density at radius 3 is 2.66 bits per heavy atom. The van der Waals surface area contributed by atoms with E-state index in [1.807, 2.05) is 42.6 Å². The number of rotatable bonds is 6. The molecule has 3 heterocycles. The maximum Gasteiger partial charge on any atom is 0.227 e. The number of benzene rings is 1. The number of para-hydroxylation sites is 1. The highest BCUT2D eigenvalue weighted by Crippen LogP contribution is 2.34. The summed E-state index contributed by atoms with van der Waals surface area (Å²) in [5.41, 5.74) is 1.92. The number of nitrogens with zero attached hydrogens (tertiary/aromatic N) is 3. The Hall–Kier alpha value is -2.54. The number of hydrogen-bond donors (Lipinski definition) is 1. The predicted molar refractivity (Wildman–Crippen MR) is 116 cm³/mol. The van der Waals surface area contributed by atoms with Gasteiger partial charge >= 0.3 is 0 Å². The molecule has 0 atom stereocenters. The van der Waals surface area contributed by atoms with Crippen molar-refractivity contribution in [3.8, 4) is 0 Å². The monoisotopic (exact) mass is 410 g/mol. The molecule has 6 nitrogen and oxygen atoms in total. The first-order valence-corrected chi connectivity index (χ1v) is 11.2. The lowest BCUT2D eigenvalue weighted by atomic mass is 10.2. The lowest BCUT2D eigenvalue weighted by Crippen LogP contribution is -2.36. The number of carbonyl (C=O) groups excluding carboxylic acids is 2. The zero-order chi connectivity index (χ0) is 20.1. The van der Waals surface area contributed by atoms with Crippen molar-refractivity contribution in [3.63, 3.8) is 0 Å². The van der Waals surface area contributed by atoms with E-state index in [1.165, 1.54) is 12.8 Å². The van der Waals surface area contributed by atoms with Crippen molar-refractivity contribution in [1.29, 1.82) is 0 Å². The Bertz CT molecular complexity index is 865. The van der Waals surface area contributed by atoms with Gasteiger partial charge in [-0.1, -0.05) is 18.2 Å². The number of nitrogens with one attached hydrogen (secondary N) is 1. The van der Waals surface area contributed by atoms with Gasteiger partial charge in [0, 0.05) is 55.9 Å². The summed E-state index contributed by atoms with van der Waals surface area (Å²) in [6, 6.07) is 12.0. The molecule has 1 aromatic heterocycles. The highest BCUT2D eigenvalue weighted by atomic mass is 32.2. The predicted octanol–water partition coefficient (Wildman–Crippen LogP) is 3.22. The Kier molecular flexibility index (Phi) is 6.34. The van der Waals surface area contributed by atoms with E-state index in [-0.39, 0.29) is 24.7 Å². The van der Waals surface area contributed by atoms with Crippen LogP contribution < -0.4 is 15.1 Å². The number of anilines is 2. The van der Waals surface area contributed by atoms with Gasteiger partial charge in [-0.05, 0) is 36.6 Å². The molecular formula is C22H26N4O2S. The number of pyridine rings is 1. The zero-order valence-electron chi connectivity index (χ0n) is 16.5. The van der Waals surface area contributed by atoms with E-state index >= 15 is 0 Å². The van der Waals surface area contributed by atoms with Gasteiger partial charge < -0.3 is 15.1 Å². The van der Waals surface area contributed by atoms with Crippen molar-refractivity contribution in [2.24, 2.45) is 0 Å². The summed E-state index contributed by atoms with van der Waals surface area (Å²) in [5, 5.41) is 2.90. The topological polar surface area (TPSA) is 65.5 Å². The number of aromatic nitrogens is 1. The van der Waals surface area contributed by atoms with Crippen LogP contribution in [0.4, 0.5) is 11.5 Å². The molecule has 2 aromatic rings. The lowest BCUT2D eigenvalue weighted by molar-refractivity contribution is -0.125. The number of carbonyl (C=O) groups is 2. The highest BCUT2D eigenvalue weighted by Gasteiger charge is 2.22. The number of fused-ring (bicyclic) bond motifs is 1. The fraction of sp³-hybridized carbons (Fsp3) is 0.409. The van der Waals surface area contributed by atoms with Crippen LogP contribution in [0, 0.1) is 0 Å². The molecule has 1 fully saturated rings. The summed E-state index contributed by atoms with van der Waals surface area (Å²) in [4.78, 5) is 34.6. The fourth-order valence-corrected chi connectivity index (χ4v) is 4.72. The van der Waals surface area contributed by atoms with Crippen LogP contribution in [0.5, 0.6) is 0 Å². The lowest BCUT2D eigenvalue weighted by Gasteiger charge is -2.29. The van der Waals surface area contributed by atoms with Gasteiger partial charge in [-0.15, -0.1) is 11.8 Å². The van der Waals surface area contributed by atoms with Crippen LogP contribution in [-0.2, 0) is 16.1 Å². The fourth-order valence-electron chi connectivity index (χ4n) is 3.73. The zero-order valence-corrected chi connectivity index (χ0v) is 17.3. The number of hydrogen-bond acceptors (Lipinski definition) is 5. The second kappa shape index (κ2) is 9.31. The Labute approximate surface area is 175 Å². The van der Waals surface area contributed by atoms with E-state index < -0.39 is 0 Å². The van der Waals surface area contributed by atoms with Crippen molar-refractivity contribution in [1.82, 2.24) is 10.3 Å². The van der Waals surface area contributed by atoms with Gasteiger partial charge in [0.15, 0.2) is 0 Å². The molecule has 1 aromatic carbocycles. The van der Waals surface area contributed by atoms with E-state index in [2.05, 4.69) is 15.2 Å². The van der Waals surface area contributed by atoms with Crippen molar-refractivity contribution < 1.29 is 9.59 Å². The second-order valence-corrected chi connectivity index (χ2v) is 8.49. The molecule has 7 heteroatoms. The van der Waals surface area contributed by atoms with Crippen LogP contribution in [0.2, 0.25) is 0 Å². The largest absolute Gasteiger partial charge is 0.357 e. The molecule has 1 N–H and O–H groups in total. The van der Waals surface area contributed by atoms with E-state index in [0.717, 1.165) is 40.8 Å². The molecule has 0 unspecified atom stereocenters. The molecule has 0 aliphatic carbocycles. The average molecular weight is 411 g/mol. The third-order valence-corrected chi connectivity index (χ3v) is 6.37. The molecule has 2 aliphatic heterocycles. The standard InChI is InChI=1S/C22H26N4O2S/c27-21(24-16-17-7-8-20(23-15-17)25-11-3-4-12-25)9-10-22(28)26-13-14-29-19-6-2-1-5-18(19)26/h1-2,5-8,15H,3-4,9-14,16H2,(H,24,27). The van der Waals surface area contributed by atoms with Crippen molar-refractivity contribution in [2.75, 3.05) is 35.2 Å². The minimum atomic E-state index is -0.110. The smallest absolute Gasteiger partial charge is 0.227 e. The van der Waals surface area contributed by atoms with Crippen molar-refractivity contribution >= 4 is 35.1 Å². The molecule has 0 bridgehead atoms. The molecule has 2 aliphatic rings. The van der Waals surface area contributed by atoms with E-state index in [4.69, 9.17) is 0 Å². The normalized spacial score (nSPS) is 15.9. The summed E-state index contributed by atoms with van der Waals surface area (Å²) in [5.74, 6) is 1.78. The van der Waals surface area contributed by atoms with Crippen LogP contribution in [0.3, 0.4) is 0 Å². The first-order chi connectivity index (χ1) is 14.2. The molecule has 0 radical (unpaired) electrons.